The molecule has 21 heavy (non-hydrogen) atoms. The summed E-state index contributed by atoms with van der Waals surface area (Å²) in [5.41, 5.74) is 6.96. The number of nitrogens with two attached hydrogens (primary N) is 1. The van der Waals surface area contributed by atoms with Gasteiger partial charge in [-0.2, -0.15) is 0 Å². The highest BCUT2D eigenvalue weighted by Crippen LogP contribution is 2.35. The lowest BCUT2D eigenvalue weighted by atomic mass is 10.3. The van der Waals surface area contributed by atoms with Crippen LogP contribution in [-0.2, 0) is 0 Å². The first-order valence-corrected chi connectivity index (χ1v) is 7.20. The van der Waals surface area contributed by atoms with Gasteiger partial charge >= 0.3 is 0 Å². The van der Waals surface area contributed by atoms with E-state index in [4.69, 9.17) is 10.5 Å². The molecule has 2 N–H and O–H groups in total. The van der Waals surface area contributed by atoms with Crippen LogP contribution in [0, 0.1) is 5.82 Å². The standard InChI is InChI=1S/C14H13FN4OS/c1-2-20-11-8-12(10(16)7-9(11)15)21-14-18-17-13-5-3-4-6-19(13)14/h3-8H,2,16H2,1H3. The summed E-state index contributed by atoms with van der Waals surface area (Å²) in [7, 11) is 0. The van der Waals surface area contributed by atoms with Gasteiger partial charge < -0.3 is 10.5 Å². The van der Waals surface area contributed by atoms with Crippen LogP contribution >= 0.6 is 11.8 Å². The fraction of sp³-hybridized carbons (Fsp3) is 0.143. The molecule has 0 aliphatic rings. The van der Waals surface area contributed by atoms with Crippen LogP contribution in [-0.4, -0.2) is 21.2 Å². The van der Waals surface area contributed by atoms with Gasteiger partial charge in [-0.15, -0.1) is 10.2 Å². The number of pyridine rings is 1. The first-order valence-electron chi connectivity index (χ1n) is 6.38. The Morgan fingerprint density at radius 3 is 3.00 bits per heavy atom. The fourth-order valence-corrected chi connectivity index (χ4v) is 2.77. The Hall–Kier alpha value is -2.28. The number of halogens is 1. The van der Waals surface area contributed by atoms with Crippen LogP contribution in [0.25, 0.3) is 5.65 Å². The summed E-state index contributed by atoms with van der Waals surface area (Å²) in [5, 5.41) is 8.84. The predicted molar refractivity (Wildman–Crippen MR) is 79.1 cm³/mol. The maximum atomic E-state index is 13.7. The van der Waals surface area contributed by atoms with Gasteiger partial charge in [-0.25, -0.2) is 4.39 Å². The summed E-state index contributed by atoms with van der Waals surface area (Å²) in [6, 6.07) is 8.48. The van der Waals surface area contributed by atoms with Gasteiger partial charge in [-0.05, 0) is 36.9 Å². The molecule has 0 saturated carbocycles. The average Bonchev–Trinajstić information content (AvgIpc) is 2.88. The van der Waals surface area contributed by atoms with Crippen molar-refractivity contribution in [3.8, 4) is 5.75 Å². The number of fused-ring (bicyclic) bond motifs is 1. The maximum Gasteiger partial charge on any atom is 0.200 e. The molecule has 2 heterocycles. The lowest BCUT2D eigenvalue weighted by Gasteiger charge is -2.09. The van der Waals surface area contributed by atoms with Gasteiger partial charge in [0.05, 0.1) is 6.61 Å². The second-order valence-corrected chi connectivity index (χ2v) is 5.28. The van der Waals surface area contributed by atoms with Crippen LogP contribution < -0.4 is 10.5 Å². The van der Waals surface area contributed by atoms with Crippen molar-refractivity contribution in [3.63, 3.8) is 0 Å². The molecule has 0 aliphatic heterocycles. The number of nitrogen functional groups attached to an aromatic ring is 1. The van der Waals surface area contributed by atoms with Crippen LogP contribution in [0.15, 0.2) is 46.6 Å². The molecule has 0 spiro atoms. The van der Waals surface area contributed by atoms with Gasteiger partial charge in [0, 0.05) is 22.8 Å². The van der Waals surface area contributed by atoms with Crippen molar-refractivity contribution in [2.75, 3.05) is 12.3 Å². The lowest BCUT2D eigenvalue weighted by molar-refractivity contribution is 0.321. The molecule has 5 nitrogen and oxygen atoms in total. The zero-order valence-electron chi connectivity index (χ0n) is 11.3. The summed E-state index contributed by atoms with van der Waals surface area (Å²) in [4.78, 5) is 0.679. The van der Waals surface area contributed by atoms with Gasteiger partial charge in [-0.3, -0.25) is 4.40 Å². The number of hydrogen-bond acceptors (Lipinski definition) is 5. The number of ether oxygens (including phenoxy) is 1. The third kappa shape index (κ3) is 2.64. The van der Waals surface area contributed by atoms with E-state index in [2.05, 4.69) is 10.2 Å². The highest BCUT2D eigenvalue weighted by atomic mass is 32.2. The molecule has 108 valence electrons. The van der Waals surface area contributed by atoms with Gasteiger partial charge in [-0.1, -0.05) is 6.07 Å². The lowest BCUT2D eigenvalue weighted by Crippen LogP contribution is -1.98. The Morgan fingerprint density at radius 2 is 2.19 bits per heavy atom. The molecule has 0 unspecified atom stereocenters. The summed E-state index contributed by atoms with van der Waals surface area (Å²) >= 11 is 1.32. The SMILES string of the molecule is CCOc1cc(Sc2nnc3ccccn23)c(N)cc1F. The average molecular weight is 304 g/mol. The second-order valence-electron chi connectivity index (χ2n) is 4.27. The van der Waals surface area contributed by atoms with Crippen molar-refractivity contribution in [2.45, 2.75) is 17.0 Å². The van der Waals surface area contributed by atoms with Crippen LogP contribution in [0.2, 0.25) is 0 Å². The third-order valence-corrected chi connectivity index (χ3v) is 3.88. The van der Waals surface area contributed by atoms with E-state index < -0.39 is 5.82 Å². The van der Waals surface area contributed by atoms with E-state index >= 15 is 0 Å². The molecule has 3 aromatic rings. The van der Waals surface area contributed by atoms with Crippen molar-refractivity contribution < 1.29 is 9.13 Å². The largest absolute Gasteiger partial charge is 0.491 e. The molecule has 0 aliphatic carbocycles. The van der Waals surface area contributed by atoms with Crippen molar-refractivity contribution >= 4 is 23.1 Å². The third-order valence-electron chi connectivity index (χ3n) is 2.85. The van der Waals surface area contributed by atoms with Gasteiger partial charge in [0.25, 0.3) is 0 Å². The first-order chi connectivity index (χ1) is 10.2. The quantitative estimate of drug-likeness (QED) is 0.751. The minimum absolute atomic E-state index is 0.183. The molecule has 7 heteroatoms. The van der Waals surface area contributed by atoms with Crippen molar-refractivity contribution in [1.29, 1.82) is 0 Å². The number of hydrogen-bond donors (Lipinski definition) is 1. The predicted octanol–water partition coefficient (Wildman–Crippen LogP) is 3.00. The molecule has 2 aromatic heterocycles. The Morgan fingerprint density at radius 1 is 1.33 bits per heavy atom. The van der Waals surface area contributed by atoms with Crippen molar-refractivity contribution in [2.24, 2.45) is 0 Å². The molecule has 0 amide bonds. The minimum Gasteiger partial charge on any atom is -0.491 e. The van der Waals surface area contributed by atoms with E-state index in [9.17, 15) is 4.39 Å². The van der Waals surface area contributed by atoms with E-state index in [0.717, 1.165) is 5.65 Å². The summed E-state index contributed by atoms with van der Waals surface area (Å²) in [5.74, 6) is -0.284. The number of benzene rings is 1. The molecule has 3 rings (SSSR count). The van der Waals surface area contributed by atoms with E-state index in [-0.39, 0.29) is 5.75 Å². The molecule has 0 saturated heterocycles. The van der Waals surface area contributed by atoms with Crippen LogP contribution in [0.3, 0.4) is 0 Å². The zero-order chi connectivity index (χ0) is 14.8. The number of aromatic nitrogens is 3. The molecule has 0 radical (unpaired) electrons. The Labute approximate surface area is 124 Å². The molecular weight excluding hydrogens is 291 g/mol. The topological polar surface area (TPSA) is 65.4 Å². The van der Waals surface area contributed by atoms with Gasteiger partial charge in [0.2, 0.25) is 5.16 Å². The smallest absolute Gasteiger partial charge is 0.200 e. The number of nitrogens with zero attached hydrogens (tertiary/aromatic N) is 3. The highest BCUT2D eigenvalue weighted by molar-refractivity contribution is 7.99. The van der Waals surface area contributed by atoms with Crippen LogP contribution in [0.5, 0.6) is 5.75 Å². The summed E-state index contributed by atoms with van der Waals surface area (Å²) in [6.45, 7) is 2.19. The monoisotopic (exact) mass is 304 g/mol. The summed E-state index contributed by atoms with van der Waals surface area (Å²) < 4.78 is 20.8. The van der Waals surface area contributed by atoms with Gasteiger partial charge in [0.1, 0.15) is 0 Å². The number of rotatable bonds is 4. The van der Waals surface area contributed by atoms with Crippen LogP contribution in [0.4, 0.5) is 10.1 Å². The van der Waals surface area contributed by atoms with Crippen LogP contribution in [0.1, 0.15) is 6.92 Å². The van der Waals surface area contributed by atoms with Gasteiger partial charge in [0.15, 0.2) is 17.2 Å². The highest BCUT2D eigenvalue weighted by Gasteiger charge is 2.13. The normalized spacial score (nSPS) is 11.0. The Kier molecular flexibility index (Phi) is 3.66. The minimum atomic E-state index is -0.468. The van der Waals surface area contributed by atoms with Crippen molar-refractivity contribution in [1.82, 2.24) is 14.6 Å². The second kappa shape index (κ2) is 5.61. The van der Waals surface area contributed by atoms with E-state index in [0.29, 0.717) is 22.3 Å². The zero-order valence-corrected chi connectivity index (χ0v) is 12.1. The fourth-order valence-electron chi connectivity index (χ4n) is 1.89. The Balaban J connectivity index is 1.99. The van der Waals surface area contributed by atoms with E-state index in [1.165, 1.54) is 17.8 Å². The number of anilines is 1. The molecule has 1 aromatic carbocycles. The molecular formula is C14H13FN4OS. The molecule has 0 atom stereocenters. The Bertz CT molecular complexity index is 790. The first kappa shape index (κ1) is 13.7. The molecule has 0 fully saturated rings. The van der Waals surface area contributed by atoms with E-state index in [1.54, 1.807) is 13.0 Å². The molecule has 0 bridgehead atoms. The van der Waals surface area contributed by atoms with E-state index in [1.807, 2.05) is 28.8 Å². The summed E-state index contributed by atoms with van der Waals surface area (Å²) in [6.07, 6.45) is 1.86. The maximum absolute atomic E-state index is 13.7. The van der Waals surface area contributed by atoms with Crippen molar-refractivity contribution in [3.05, 3.63) is 42.3 Å².